The fourth-order valence-electron chi connectivity index (χ4n) is 2.40. The van der Waals surface area contributed by atoms with Gasteiger partial charge in [-0.25, -0.2) is 8.42 Å². The lowest BCUT2D eigenvalue weighted by molar-refractivity contribution is 0.398. The fraction of sp³-hybridized carbons (Fsp3) is 0.294. The SMILES string of the molecule is COc1ccc(S(=O)(=O)N(C)Cc2cc(Cl)ccc2OC)c(C)c1. The van der Waals surface area contributed by atoms with E-state index in [-0.39, 0.29) is 11.4 Å². The fourth-order valence-corrected chi connectivity index (χ4v) is 3.95. The second-order valence-electron chi connectivity index (χ2n) is 5.35. The van der Waals surface area contributed by atoms with Gasteiger partial charge >= 0.3 is 0 Å². The van der Waals surface area contributed by atoms with Gasteiger partial charge in [0, 0.05) is 24.2 Å². The van der Waals surface area contributed by atoms with Gasteiger partial charge in [0.25, 0.3) is 0 Å². The predicted octanol–water partition coefficient (Wildman–Crippen LogP) is 3.49. The van der Waals surface area contributed by atoms with Crippen molar-refractivity contribution >= 4 is 21.6 Å². The number of hydrogen-bond donors (Lipinski definition) is 0. The van der Waals surface area contributed by atoms with Crippen LogP contribution < -0.4 is 9.47 Å². The van der Waals surface area contributed by atoms with Gasteiger partial charge in [0.1, 0.15) is 11.5 Å². The van der Waals surface area contributed by atoms with E-state index < -0.39 is 10.0 Å². The summed E-state index contributed by atoms with van der Waals surface area (Å²) in [6.07, 6.45) is 0. The molecule has 0 saturated heterocycles. The van der Waals surface area contributed by atoms with Gasteiger partial charge in [0.15, 0.2) is 0 Å². The number of halogens is 1. The summed E-state index contributed by atoms with van der Waals surface area (Å²) in [4.78, 5) is 0.242. The Morgan fingerprint density at radius 3 is 2.38 bits per heavy atom. The van der Waals surface area contributed by atoms with Crippen molar-refractivity contribution in [3.05, 3.63) is 52.5 Å². The molecule has 0 bridgehead atoms. The largest absolute Gasteiger partial charge is 0.497 e. The first-order chi connectivity index (χ1) is 11.3. The van der Waals surface area contributed by atoms with Gasteiger partial charge < -0.3 is 9.47 Å². The molecule has 0 atom stereocenters. The average molecular weight is 370 g/mol. The molecule has 2 aromatic rings. The molecule has 0 fully saturated rings. The maximum Gasteiger partial charge on any atom is 0.243 e. The highest BCUT2D eigenvalue weighted by Crippen LogP contribution is 2.28. The molecule has 2 aromatic carbocycles. The Labute approximate surface area is 147 Å². The minimum atomic E-state index is -3.65. The van der Waals surface area contributed by atoms with Crippen LogP contribution in [0.2, 0.25) is 5.02 Å². The zero-order chi connectivity index (χ0) is 17.9. The number of sulfonamides is 1. The summed E-state index contributed by atoms with van der Waals surface area (Å²) in [6.45, 7) is 1.89. The van der Waals surface area contributed by atoms with Crippen LogP contribution in [0.5, 0.6) is 11.5 Å². The average Bonchev–Trinajstić information content (AvgIpc) is 2.54. The molecule has 0 aliphatic carbocycles. The number of ether oxygens (including phenoxy) is 2. The third kappa shape index (κ3) is 3.83. The Hall–Kier alpha value is -1.76. The Morgan fingerprint density at radius 2 is 1.79 bits per heavy atom. The molecule has 0 unspecified atom stereocenters. The molecule has 0 saturated carbocycles. The van der Waals surface area contributed by atoms with Gasteiger partial charge in [-0.3, -0.25) is 0 Å². The van der Waals surface area contributed by atoms with Crippen molar-refractivity contribution in [2.24, 2.45) is 0 Å². The lowest BCUT2D eigenvalue weighted by Crippen LogP contribution is -2.27. The van der Waals surface area contributed by atoms with Gasteiger partial charge in [-0.05, 0) is 48.9 Å². The number of benzene rings is 2. The smallest absolute Gasteiger partial charge is 0.243 e. The quantitative estimate of drug-likeness (QED) is 0.782. The molecule has 7 heteroatoms. The zero-order valence-corrected chi connectivity index (χ0v) is 15.6. The normalized spacial score (nSPS) is 11.6. The molecule has 0 aromatic heterocycles. The van der Waals surface area contributed by atoms with Crippen LogP contribution in [0, 0.1) is 6.92 Å². The van der Waals surface area contributed by atoms with Crippen molar-refractivity contribution in [1.29, 1.82) is 0 Å². The molecule has 0 aliphatic rings. The number of methoxy groups -OCH3 is 2. The summed E-state index contributed by atoms with van der Waals surface area (Å²) >= 11 is 6.01. The standard InChI is InChI=1S/C17H20ClNO4S/c1-12-9-15(22-3)6-8-17(12)24(20,21)19(2)11-13-10-14(18)5-7-16(13)23-4/h5-10H,11H2,1-4H3. The highest BCUT2D eigenvalue weighted by Gasteiger charge is 2.24. The van der Waals surface area contributed by atoms with Crippen molar-refractivity contribution in [1.82, 2.24) is 4.31 Å². The first-order valence-electron chi connectivity index (χ1n) is 7.23. The second-order valence-corrected chi connectivity index (χ2v) is 7.80. The summed E-state index contributed by atoms with van der Waals surface area (Å²) in [5, 5.41) is 0.525. The van der Waals surface area contributed by atoms with E-state index in [1.54, 1.807) is 50.4 Å². The predicted molar refractivity (Wildman–Crippen MR) is 94.4 cm³/mol. The molecule has 0 spiro atoms. The number of rotatable bonds is 6. The molecule has 0 aliphatic heterocycles. The van der Waals surface area contributed by atoms with Crippen molar-refractivity contribution in [2.75, 3.05) is 21.3 Å². The Bertz CT molecular complexity index is 836. The third-order valence-electron chi connectivity index (χ3n) is 3.71. The van der Waals surface area contributed by atoms with Gasteiger partial charge in [0.05, 0.1) is 19.1 Å². The van der Waals surface area contributed by atoms with Crippen LogP contribution in [0.25, 0.3) is 0 Å². The van der Waals surface area contributed by atoms with E-state index in [0.717, 1.165) is 0 Å². The zero-order valence-electron chi connectivity index (χ0n) is 14.0. The van der Waals surface area contributed by atoms with Gasteiger partial charge in [-0.15, -0.1) is 0 Å². The van der Waals surface area contributed by atoms with Crippen LogP contribution in [0.15, 0.2) is 41.3 Å². The van der Waals surface area contributed by atoms with Crippen LogP contribution in [-0.4, -0.2) is 34.0 Å². The van der Waals surface area contributed by atoms with E-state index >= 15 is 0 Å². The lowest BCUT2D eigenvalue weighted by Gasteiger charge is -2.20. The Balaban J connectivity index is 2.35. The van der Waals surface area contributed by atoms with E-state index in [0.29, 0.717) is 27.6 Å². The van der Waals surface area contributed by atoms with Gasteiger partial charge in [-0.1, -0.05) is 11.6 Å². The summed E-state index contributed by atoms with van der Waals surface area (Å²) in [6, 6.07) is 10.00. The van der Waals surface area contributed by atoms with E-state index in [2.05, 4.69) is 0 Å². The molecule has 0 N–H and O–H groups in total. The Morgan fingerprint density at radius 1 is 1.08 bits per heavy atom. The molecule has 2 rings (SSSR count). The molecular formula is C17H20ClNO4S. The summed E-state index contributed by atoms with van der Waals surface area (Å²) in [5.74, 6) is 1.21. The lowest BCUT2D eigenvalue weighted by atomic mass is 10.2. The Kier molecular flexibility index (Phi) is 5.74. The van der Waals surface area contributed by atoms with Crippen LogP contribution in [0.3, 0.4) is 0 Å². The number of hydrogen-bond acceptors (Lipinski definition) is 4. The third-order valence-corrected chi connectivity index (χ3v) is 5.90. The number of aryl methyl sites for hydroxylation is 1. The molecule has 130 valence electrons. The highest BCUT2D eigenvalue weighted by atomic mass is 35.5. The van der Waals surface area contributed by atoms with Crippen LogP contribution in [-0.2, 0) is 16.6 Å². The first-order valence-corrected chi connectivity index (χ1v) is 9.04. The van der Waals surface area contributed by atoms with Crippen molar-refractivity contribution in [3.63, 3.8) is 0 Å². The maximum absolute atomic E-state index is 12.9. The monoisotopic (exact) mass is 369 g/mol. The highest BCUT2D eigenvalue weighted by molar-refractivity contribution is 7.89. The first kappa shape index (κ1) is 18.6. The molecular weight excluding hydrogens is 350 g/mol. The molecule has 24 heavy (non-hydrogen) atoms. The van der Waals surface area contributed by atoms with E-state index in [9.17, 15) is 8.42 Å². The van der Waals surface area contributed by atoms with E-state index in [4.69, 9.17) is 21.1 Å². The van der Waals surface area contributed by atoms with Crippen LogP contribution >= 0.6 is 11.6 Å². The number of nitrogens with zero attached hydrogens (tertiary/aromatic N) is 1. The molecule has 0 radical (unpaired) electrons. The topological polar surface area (TPSA) is 55.8 Å². The molecule has 0 heterocycles. The van der Waals surface area contributed by atoms with Crippen LogP contribution in [0.1, 0.15) is 11.1 Å². The summed E-state index contributed by atoms with van der Waals surface area (Å²) < 4.78 is 37.4. The van der Waals surface area contributed by atoms with Gasteiger partial charge in [0.2, 0.25) is 10.0 Å². The van der Waals surface area contributed by atoms with Crippen molar-refractivity contribution < 1.29 is 17.9 Å². The minimum absolute atomic E-state index is 0.150. The van der Waals surface area contributed by atoms with Crippen molar-refractivity contribution in [2.45, 2.75) is 18.4 Å². The van der Waals surface area contributed by atoms with Crippen molar-refractivity contribution in [3.8, 4) is 11.5 Å². The van der Waals surface area contributed by atoms with E-state index in [1.807, 2.05) is 0 Å². The molecule has 0 amide bonds. The van der Waals surface area contributed by atoms with Gasteiger partial charge in [-0.2, -0.15) is 4.31 Å². The summed E-state index contributed by atoms with van der Waals surface area (Å²) in [5.41, 5.74) is 1.32. The summed E-state index contributed by atoms with van der Waals surface area (Å²) in [7, 11) is 0.954. The van der Waals surface area contributed by atoms with Crippen LogP contribution in [0.4, 0.5) is 0 Å². The minimum Gasteiger partial charge on any atom is -0.497 e. The molecule has 5 nitrogen and oxygen atoms in total. The maximum atomic E-state index is 12.9. The second kappa shape index (κ2) is 7.42. The van der Waals surface area contributed by atoms with E-state index in [1.165, 1.54) is 18.5 Å².